The molecule has 0 aromatic heterocycles. The van der Waals surface area contributed by atoms with E-state index in [0.717, 1.165) is 11.3 Å². The Morgan fingerprint density at radius 1 is 0.792 bits per heavy atom. The molecule has 11 heteroatoms. The molecule has 2 aliphatic heterocycles. The maximum absolute atomic E-state index is 14.4. The average Bonchev–Trinajstić information content (AvgIpc) is 3.23. The first-order chi connectivity index (χ1) is 23.1. The van der Waals surface area contributed by atoms with E-state index in [2.05, 4.69) is 10.2 Å². The smallest absolute Gasteiger partial charge is 0.262 e. The predicted octanol–water partition coefficient (Wildman–Crippen LogP) is 8.17. The molecule has 3 amide bonds. The Balaban J connectivity index is 1.24. The minimum absolute atomic E-state index is 0.0342. The highest BCUT2D eigenvalue weighted by Crippen LogP contribution is 2.41. The number of nitrogens with zero attached hydrogens (tertiary/aromatic N) is 3. The predicted molar refractivity (Wildman–Crippen MR) is 192 cm³/mol. The van der Waals surface area contributed by atoms with Gasteiger partial charge < -0.3 is 24.8 Å². The van der Waals surface area contributed by atoms with E-state index in [1.807, 2.05) is 48.2 Å². The summed E-state index contributed by atoms with van der Waals surface area (Å²) in [4.78, 5) is 47.3. The number of hydrogen-bond acceptors (Lipinski definition) is 5. The summed E-state index contributed by atoms with van der Waals surface area (Å²) in [6, 6.07) is 24.6. The van der Waals surface area contributed by atoms with Crippen molar-refractivity contribution in [2.75, 3.05) is 48.4 Å². The van der Waals surface area contributed by atoms with Gasteiger partial charge in [-0.3, -0.25) is 14.4 Å². The molecule has 1 saturated heterocycles. The number of hydrogen-bond donors (Lipinski definition) is 1. The molecule has 2 unspecified atom stereocenters. The molecule has 4 aromatic rings. The Hall–Kier alpha value is -4.24. The van der Waals surface area contributed by atoms with E-state index in [9.17, 15) is 14.4 Å². The second-order valence-electron chi connectivity index (χ2n) is 12.0. The molecule has 4 aromatic carbocycles. The number of nitrogens with one attached hydrogen (secondary N) is 1. The number of halogens is 3. The number of fused-ring (bicyclic) bond motifs is 1. The van der Waals surface area contributed by atoms with Gasteiger partial charge in [0, 0.05) is 65.4 Å². The largest absolute Gasteiger partial charge is 0.496 e. The van der Waals surface area contributed by atoms with Crippen LogP contribution in [0, 0.1) is 0 Å². The first kappa shape index (κ1) is 33.7. The van der Waals surface area contributed by atoms with Crippen molar-refractivity contribution in [3.63, 3.8) is 0 Å². The number of benzene rings is 4. The van der Waals surface area contributed by atoms with Crippen LogP contribution >= 0.6 is 34.8 Å². The van der Waals surface area contributed by atoms with Crippen LogP contribution in [0.5, 0.6) is 5.75 Å². The first-order valence-electron chi connectivity index (χ1n) is 15.8. The number of piperazine rings is 1. The zero-order valence-electron chi connectivity index (χ0n) is 26.6. The summed E-state index contributed by atoms with van der Waals surface area (Å²) in [5, 5.41) is 4.35. The normalized spacial score (nSPS) is 17.7. The fourth-order valence-electron chi connectivity index (χ4n) is 6.50. The summed E-state index contributed by atoms with van der Waals surface area (Å²) in [6.45, 7) is 4.57. The molecular formula is C37H35Cl3N4O4. The van der Waals surface area contributed by atoms with E-state index in [1.54, 1.807) is 53.4 Å². The highest BCUT2D eigenvalue weighted by Gasteiger charge is 2.37. The Morgan fingerprint density at radius 3 is 2.21 bits per heavy atom. The molecule has 0 radical (unpaired) electrons. The van der Waals surface area contributed by atoms with Crippen molar-refractivity contribution in [3.8, 4) is 5.75 Å². The lowest BCUT2D eigenvalue weighted by atomic mass is 9.91. The summed E-state index contributed by atoms with van der Waals surface area (Å²) in [6.07, 6.45) is 1.17. The maximum atomic E-state index is 14.4. The highest BCUT2D eigenvalue weighted by atomic mass is 35.5. The van der Waals surface area contributed by atoms with Crippen LogP contribution in [0.1, 0.15) is 52.0 Å². The quantitative estimate of drug-likeness (QED) is 0.219. The van der Waals surface area contributed by atoms with Gasteiger partial charge in [-0.2, -0.15) is 0 Å². The van der Waals surface area contributed by atoms with Gasteiger partial charge in [0.1, 0.15) is 5.75 Å². The molecule has 0 bridgehead atoms. The van der Waals surface area contributed by atoms with Gasteiger partial charge in [0.05, 0.1) is 29.2 Å². The fourth-order valence-corrected chi connectivity index (χ4v) is 7.02. The third-order valence-electron chi connectivity index (χ3n) is 9.05. The third kappa shape index (κ3) is 6.97. The molecule has 0 aliphatic carbocycles. The van der Waals surface area contributed by atoms with Crippen LogP contribution in [0.3, 0.4) is 0 Å². The first-order valence-corrected chi connectivity index (χ1v) is 16.9. The molecule has 248 valence electrons. The van der Waals surface area contributed by atoms with Gasteiger partial charge in [-0.05, 0) is 92.1 Å². The van der Waals surface area contributed by atoms with E-state index in [-0.39, 0.29) is 23.8 Å². The van der Waals surface area contributed by atoms with E-state index in [1.165, 1.54) is 7.11 Å². The molecule has 2 atom stereocenters. The average molecular weight is 706 g/mol. The van der Waals surface area contributed by atoms with Crippen LogP contribution in [0.2, 0.25) is 15.1 Å². The molecule has 2 aliphatic rings. The summed E-state index contributed by atoms with van der Waals surface area (Å²) in [5.74, 6) is -0.778. The Morgan fingerprint density at radius 2 is 1.50 bits per heavy atom. The number of rotatable bonds is 6. The number of anilines is 3. The highest BCUT2D eigenvalue weighted by molar-refractivity contribution is 6.34. The number of carbonyl (C=O) groups excluding carboxylic acids is 3. The second kappa shape index (κ2) is 14.5. The molecule has 1 fully saturated rings. The van der Waals surface area contributed by atoms with Crippen molar-refractivity contribution in [1.29, 1.82) is 0 Å². The van der Waals surface area contributed by atoms with Crippen molar-refractivity contribution in [2.24, 2.45) is 0 Å². The van der Waals surface area contributed by atoms with Crippen molar-refractivity contribution in [2.45, 2.75) is 31.7 Å². The summed E-state index contributed by atoms with van der Waals surface area (Å²) >= 11 is 18.8. The van der Waals surface area contributed by atoms with Crippen LogP contribution < -0.4 is 19.9 Å². The number of methoxy groups -OCH3 is 1. The topological polar surface area (TPSA) is 82.2 Å². The Bertz CT molecular complexity index is 1840. The Kier molecular flexibility index (Phi) is 10.2. The van der Waals surface area contributed by atoms with E-state index in [0.29, 0.717) is 82.3 Å². The molecular weight excluding hydrogens is 671 g/mol. The van der Waals surface area contributed by atoms with Gasteiger partial charge in [-0.25, -0.2) is 0 Å². The molecule has 8 nitrogen and oxygen atoms in total. The fraction of sp³-hybridized carbons (Fsp3) is 0.270. The van der Waals surface area contributed by atoms with Gasteiger partial charge in [0.2, 0.25) is 5.91 Å². The lowest BCUT2D eigenvalue weighted by Gasteiger charge is -2.37. The van der Waals surface area contributed by atoms with E-state index in [4.69, 9.17) is 39.5 Å². The monoisotopic (exact) mass is 704 g/mol. The van der Waals surface area contributed by atoms with Crippen molar-refractivity contribution in [1.82, 2.24) is 4.90 Å². The summed E-state index contributed by atoms with van der Waals surface area (Å²) in [7, 11) is 1.48. The van der Waals surface area contributed by atoms with Gasteiger partial charge >= 0.3 is 0 Å². The van der Waals surface area contributed by atoms with E-state index >= 15 is 0 Å². The van der Waals surface area contributed by atoms with Gasteiger partial charge in [-0.1, -0.05) is 46.9 Å². The van der Waals surface area contributed by atoms with Crippen molar-refractivity contribution >= 4 is 69.6 Å². The van der Waals surface area contributed by atoms with Crippen LogP contribution in [-0.2, 0) is 4.79 Å². The number of carbonyl (C=O) groups is 3. The molecule has 1 N–H and O–H groups in total. The van der Waals surface area contributed by atoms with Crippen LogP contribution in [0.4, 0.5) is 17.1 Å². The standard InChI is InChI=1S/C37H35Cl3N4O4/c1-23-7-14-28(36(46)43-19-17-42(18-20-43)27-12-8-24(38)9-13-27)31-21-25(39)10-16-33(31)44(23)37(47)30-15-11-26(22-34(30)48-2)41-35(45)29-5-3-4-6-32(29)40/h3-6,8-13,15-16,21-23,28H,7,14,17-20H2,1-2H3,(H,41,45). The number of ether oxygens (including phenoxy) is 1. The van der Waals surface area contributed by atoms with Crippen LogP contribution in [-0.4, -0.2) is 62.0 Å². The Labute approximate surface area is 295 Å². The lowest BCUT2D eigenvalue weighted by molar-refractivity contribution is -0.133. The zero-order chi connectivity index (χ0) is 33.9. The number of amides is 3. The minimum atomic E-state index is -0.453. The zero-order valence-corrected chi connectivity index (χ0v) is 28.9. The maximum Gasteiger partial charge on any atom is 0.262 e. The molecule has 0 spiro atoms. The van der Waals surface area contributed by atoms with Crippen LogP contribution in [0.25, 0.3) is 0 Å². The molecule has 48 heavy (non-hydrogen) atoms. The summed E-state index contributed by atoms with van der Waals surface area (Å²) in [5.41, 5.74) is 3.56. The molecule has 6 rings (SSSR count). The SMILES string of the molecule is COc1cc(NC(=O)c2ccccc2Cl)ccc1C(=O)N1c2ccc(Cl)cc2C(C(=O)N2CCN(c3ccc(Cl)cc3)CC2)CCC1C. The third-order valence-corrected chi connectivity index (χ3v) is 9.86. The molecule has 0 saturated carbocycles. The van der Waals surface area contributed by atoms with Crippen LogP contribution in [0.15, 0.2) is 84.9 Å². The van der Waals surface area contributed by atoms with Gasteiger partial charge in [0.25, 0.3) is 11.8 Å². The second-order valence-corrected chi connectivity index (χ2v) is 13.3. The van der Waals surface area contributed by atoms with E-state index < -0.39 is 5.92 Å². The molecule has 2 heterocycles. The van der Waals surface area contributed by atoms with Crippen molar-refractivity contribution < 1.29 is 19.1 Å². The van der Waals surface area contributed by atoms with Gasteiger partial charge in [0.15, 0.2) is 0 Å². The van der Waals surface area contributed by atoms with Crippen molar-refractivity contribution in [3.05, 3.63) is 117 Å². The minimum Gasteiger partial charge on any atom is -0.496 e. The lowest BCUT2D eigenvalue weighted by Crippen LogP contribution is -2.50. The van der Waals surface area contributed by atoms with Gasteiger partial charge in [-0.15, -0.1) is 0 Å². The summed E-state index contributed by atoms with van der Waals surface area (Å²) < 4.78 is 5.65.